The number of hydrogen-bond donors (Lipinski definition) is 2. The highest BCUT2D eigenvalue weighted by atomic mass is 35.7. The molecule has 0 bridgehead atoms. The lowest BCUT2D eigenvalue weighted by Gasteiger charge is -2.07. The lowest BCUT2D eigenvalue weighted by atomic mass is 10.3. The molecule has 0 atom stereocenters. The van der Waals surface area contributed by atoms with Crippen LogP contribution in [-0.2, 0) is 9.05 Å². The van der Waals surface area contributed by atoms with Crippen LogP contribution < -0.4 is 10.6 Å². The second-order valence-corrected chi connectivity index (χ2v) is 5.17. The van der Waals surface area contributed by atoms with Gasteiger partial charge in [-0.25, -0.2) is 13.2 Å². The van der Waals surface area contributed by atoms with Crippen molar-refractivity contribution in [1.29, 1.82) is 0 Å². The summed E-state index contributed by atoms with van der Waals surface area (Å²) >= 11 is 0. The Morgan fingerprint density at radius 2 is 1.93 bits per heavy atom. The number of carbonyl (C=O) groups is 1. The van der Waals surface area contributed by atoms with E-state index in [1.54, 1.807) is 6.07 Å². The standard InChI is InChI=1S/C8H9ClN2O3S/c1-10-8(12)11-6-4-2-3-5-7(6)15(9,13)14/h2-5H,1H3,(H2,10,11,12). The summed E-state index contributed by atoms with van der Waals surface area (Å²) in [4.78, 5) is 10.9. The van der Waals surface area contributed by atoms with Crippen LogP contribution in [0.3, 0.4) is 0 Å². The van der Waals surface area contributed by atoms with Crippen LogP contribution in [0.1, 0.15) is 0 Å². The number of anilines is 1. The number of para-hydroxylation sites is 1. The lowest BCUT2D eigenvalue weighted by Crippen LogP contribution is -2.25. The summed E-state index contributed by atoms with van der Waals surface area (Å²) in [6, 6.07) is 5.36. The Hall–Kier alpha value is -1.27. The van der Waals surface area contributed by atoms with Gasteiger partial charge in [-0.3, -0.25) is 0 Å². The minimum atomic E-state index is -3.86. The summed E-state index contributed by atoms with van der Waals surface area (Å²) in [5.41, 5.74) is 0.145. The van der Waals surface area contributed by atoms with E-state index in [4.69, 9.17) is 10.7 Å². The van der Waals surface area contributed by atoms with Gasteiger partial charge < -0.3 is 10.6 Å². The Labute approximate surface area is 91.9 Å². The van der Waals surface area contributed by atoms with Crippen LogP contribution in [0.15, 0.2) is 29.2 Å². The van der Waals surface area contributed by atoms with Gasteiger partial charge in [-0.05, 0) is 12.1 Å². The van der Waals surface area contributed by atoms with Gasteiger partial charge in [0.1, 0.15) is 4.90 Å². The SMILES string of the molecule is CNC(=O)Nc1ccccc1S(=O)(=O)Cl. The quantitative estimate of drug-likeness (QED) is 0.776. The van der Waals surface area contributed by atoms with E-state index in [1.807, 2.05) is 0 Å². The van der Waals surface area contributed by atoms with Gasteiger partial charge in [0.15, 0.2) is 0 Å². The molecule has 0 saturated heterocycles. The molecule has 0 fully saturated rings. The molecule has 2 amide bonds. The molecule has 0 spiro atoms. The molecule has 0 radical (unpaired) electrons. The van der Waals surface area contributed by atoms with Crippen LogP contribution in [0.5, 0.6) is 0 Å². The van der Waals surface area contributed by atoms with Gasteiger partial charge in [0.05, 0.1) is 5.69 Å². The van der Waals surface area contributed by atoms with Gasteiger partial charge in [-0.15, -0.1) is 0 Å². The van der Waals surface area contributed by atoms with E-state index < -0.39 is 15.1 Å². The summed E-state index contributed by atoms with van der Waals surface area (Å²) in [5.74, 6) is 0. The van der Waals surface area contributed by atoms with Crippen molar-refractivity contribution in [3.05, 3.63) is 24.3 Å². The fourth-order valence-electron chi connectivity index (χ4n) is 0.967. The molecule has 1 aromatic rings. The molecule has 0 aliphatic heterocycles. The molecule has 1 rings (SSSR count). The molecule has 5 nitrogen and oxygen atoms in total. The number of halogens is 1. The van der Waals surface area contributed by atoms with E-state index in [2.05, 4.69) is 10.6 Å². The summed E-state index contributed by atoms with van der Waals surface area (Å²) in [5, 5.41) is 4.66. The molecule has 1 aromatic carbocycles. The maximum atomic E-state index is 11.1. The van der Waals surface area contributed by atoms with Crippen molar-refractivity contribution in [1.82, 2.24) is 5.32 Å². The summed E-state index contributed by atoms with van der Waals surface area (Å²) in [6.07, 6.45) is 0. The number of nitrogens with one attached hydrogen (secondary N) is 2. The van der Waals surface area contributed by atoms with E-state index >= 15 is 0 Å². The molecule has 0 heterocycles. The second kappa shape index (κ2) is 4.50. The van der Waals surface area contributed by atoms with Crippen molar-refractivity contribution < 1.29 is 13.2 Å². The van der Waals surface area contributed by atoms with Gasteiger partial charge in [0.25, 0.3) is 9.05 Å². The number of rotatable bonds is 2. The van der Waals surface area contributed by atoms with Crippen molar-refractivity contribution in [2.24, 2.45) is 0 Å². The second-order valence-electron chi connectivity index (χ2n) is 2.64. The third-order valence-electron chi connectivity index (χ3n) is 1.63. The molecule has 0 unspecified atom stereocenters. The fourth-order valence-corrected chi connectivity index (χ4v) is 1.99. The number of amides is 2. The predicted octanol–water partition coefficient (Wildman–Crippen LogP) is 1.37. The molecular weight excluding hydrogens is 240 g/mol. The minimum absolute atomic E-state index is 0.129. The Bertz CT molecular complexity index is 473. The highest BCUT2D eigenvalue weighted by Crippen LogP contribution is 2.23. The van der Waals surface area contributed by atoms with Crippen LogP contribution >= 0.6 is 10.7 Å². The smallest absolute Gasteiger partial charge is 0.319 e. The summed E-state index contributed by atoms with van der Waals surface area (Å²) < 4.78 is 22.2. The van der Waals surface area contributed by atoms with Crippen LogP contribution in [0.4, 0.5) is 10.5 Å². The molecule has 7 heteroatoms. The lowest BCUT2D eigenvalue weighted by molar-refractivity contribution is 0.254. The highest BCUT2D eigenvalue weighted by molar-refractivity contribution is 8.13. The zero-order valence-electron chi connectivity index (χ0n) is 7.82. The van der Waals surface area contributed by atoms with E-state index in [-0.39, 0.29) is 10.6 Å². The van der Waals surface area contributed by atoms with Gasteiger partial charge >= 0.3 is 6.03 Å². The largest absolute Gasteiger partial charge is 0.341 e. The average molecular weight is 249 g/mol. The van der Waals surface area contributed by atoms with Gasteiger partial charge in [-0.1, -0.05) is 12.1 Å². The van der Waals surface area contributed by atoms with E-state index in [0.29, 0.717) is 0 Å². The maximum absolute atomic E-state index is 11.1. The first kappa shape index (κ1) is 11.8. The van der Waals surface area contributed by atoms with Crippen molar-refractivity contribution in [3.63, 3.8) is 0 Å². The van der Waals surface area contributed by atoms with Crippen molar-refractivity contribution >= 4 is 31.5 Å². The zero-order valence-corrected chi connectivity index (χ0v) is 9.39. The first-order chi connectivity index (χ1) is 6.95. The minimum Gasteiger partial charge on any atom is -0.341 e. The molecular formula is C8H9ClN2O3S. The van der Waals surface area contributed by atoms with Crippen LogP contribution in [0.25, 0.3) is 0 Å². The molecule has 0 aliphatic carbocycles. The maximum Gasteiger partial charge on any atom is 0.319 e. The summed E-state index contributed by atoms with van der Waals surface area (Å²) in [6.45, 7) is 0. The molecule has 0 saturated carbocycles. The Kier molecular flexibility index (Phi) is 3.54. The average Bonchev–Trinajstić information content (AvgIpc) is 2.17. The topological polar surface area (TPSA) is 75.3 Å². The first-order valence-corrected chi connectivity index (χ1v) is 6.28. The van der Waals surface area contributed by atoms with Crippen LogP contribution in [-0.4, -0.2) is 21.5 Å². The Morgan fingerprint density at radius 1 is 1.33 bits per heavy atom. The monoisotopic (exact) mass is 248 g/mol. The fraction of sp³-hybridized carbons (Fsp3) is 0.125. The number of urea groups is 1. The van der Waals surface area contributed by atoms with Gasteiger partial charge in [-0.2, -0.15) is 0 Å². The number of benzene rings is 1. The van der Waals surface area contributed by atoms with Crippen LogP contribution in [0.2, 0.25) is 0 Å². The molecule has 0 aromatic heterocycles. The van der Waals surface area contributed by atoms with E-state index in [1.165, 1.54) is 25.2 Å². The number of carbonyl (C=O) groups excluding carboxylic acids is 1. The van der Waals surface area contributed by atoms with Crippen molar-refractivity contribution in [2.45, 2.75) is 4.90 Å². The van der Waals surface area contributed by atoms with Gasteiger partial charge in [0, 0.05) is 17.7 Å². The van der Waals surface area contributed by atoms with Crippen LogP contribution in [0, 0.1) is 0 Å². The predicted molar refractivity (Wildman–Crippen MR) is 57.6 cm³/mol. The third kappa shape index (κ3) is 3.10. The van der Waals surface area contributed by atoms with Crippen molar-refractivity contribution in [2.75, 3.05) is 12.4 Å². The first-order valence-electron chi connectivity index (χ1n) is 3.97. The molecule has 15 heavy (non-hydrogen) atoms. The third-order valence-corrected chi connectivity index (χ3v) is 3.01. The molecule has 82 valence electrons. The Morgan fingerprint density at radius 3 is 2.47 bits per heavy atom. The zero-order chi connectivity index (χ0) is 11.5. The highest BCUT2D eigenvalue weighted by Gasteiger charge is 2.15. The van der Waals surface area contributed by atoms with Gasteiger partial charge in [0.2, 0.25) is 0 Å². The van der Waals surface area contributed by atoms with E-state index in [9.17, 15) is 13.2 Å². The van der Waals surface area contributed by atoms with E-state index in [0.717, 1.165) is 0 Å². The van der Waals surface area contributed by atoms with Crippen molar-refractivity contribution in [3.8, 4) is 0 Å². The Balaban J connectivity index is 3.13. The summed E-state index contributed by atoms with van der Waals surface area (Å²) in [7, 11) is 2.76. The number of hydrogen-bond acceptors (Lipinski definition) is 3. The molecule has 2 N–H and O–H groups in total. The molecule has 0 aliphatic rings. The normalized spacial score (nSPS) is 10.8.